The first-order valence-electron chi connectivity index (χ1n) is 5.67. The predicted molar refractivity (Wildman–Crippen MR) is 77.6 cm³/mol. The molecule has 1 N–H and O–H groups in total. The minimum absolute atomic E-state index is 0.125. The molecule has 0 spiro atoms. The monoisotopic (exact) mass is 308 g/mol. The number of thiocarbonyl (C=S) groups is 1. The molecular formula is C13H10NO4S2-. The van der Waals surface area contributed by atoms with Crippen LogP contribution in [0.1, 0.15) is 12.5 Å². The number of carbonyl (C=O) groups is 2. The smallest absolute Gasteiger partial charge is 0.266 e. The Morgan fingerprint density at radius 3 is 2.60 bits per heavy atom. The van der Waals surface area contributed by atoms with Crippen molar-refractivity contribution in [1.29, 1.82) is 0 Å². The molecule has 20 heavy (non-hydrogen) atoms. The van der Waals surface area contributed by atoms with E-state index in [9.17, 15) is 19.8 Å². The fourth-order valence-corrected chi connectivity index (χ4v) is 3.06. The van der Waals surface area contributed by atoms with Gasteiger partial charge in [-0.15, -0.1) is 0 Å². The van der Waals surface area contributed by atoms with Crippen molar-refractivity contribution in [1.82, 2.24) is 4.90 Å². The molecule has 1 aliphatic heterocycles. The molecule has 1 aromatic rings. The van der Waals surface area contributed by atoms with Gasteiger partial charge in [0.15, 0.2) is 0 Å². The molecule has 0 aliphatic carbocycles. The van der Waals surface area contributed by atoms with E-state index in [1.165, 1.54) is 19.1 Å². The zero-order valence-electron chi connectivity index (χ0n) is 10.4. The highest BCUT2D eigenvalue weighted by Gasteiger charge is 2.35. The number of carboxylic acids is 1. The lowest BCUT2D eigenvalue weighted by Crippen LogP contribution is -2.48. The zero-order chi connectivity index (χ0) is 14.9. The van der Waals surface area contributed by atoms with E-state index in [4.69, 9.17) is 12.2 Å². The second-order valence-corrected chi connectivity index (χ2v) is 5.81. The molecule has 1 aromatic carbocycles. The largest absolute Gasteiger partial charge is 0.548 e. The van der Waals surface area contributed by atoms with Crippen LogP contribution >= 0.6 is 24.0 Å². The van der Waals surface area contributed by atoms with Gasteiger partial charge >= 0.3 is 0 Å². The van der Waals surface area contributed by atoms with E-state index in [2.05, 4.69) is 0 Å². The van der Waals surface area contributed by atoms with Crippen molar-refractivity contribution in [2.45, 2.75) is 13.0 Å². The highest BCUT2D eigenvalue weighted by Crippen LogP contribution is 2.33. The van der Waals surface area contributed by atoms with E-state index >= 15 is 0 Å². The molecule has 2 rings (SSSR count). The van der Waals surface area contributed by atoms with Crippen LogP contribution in [0, 0.1) is 0 Å². The average Bonchev–Trinajstić information content (AvgIpc) is 2.66. The molecule has 0 unspecified atom stereocenters. The normalized spacial score (nSPS) is 18.6. The minimum atomic E-state index is -1.35. The number of amides is 1. The van der Waals surface area contributed by atoms with Gasteiger partial charge in [-0.2, -0.15) is 0 Å². The Morgan fingerprint density at radius 2 is 2.05 bits per heavy atom. The van der Waals surface area contributed by atoms with Gasteiger partial charge in [-0.25, -0.2) is 0 Å². The van der Waals surface area contributed by atoms with E-state index in [0.29, 0.717) is 10.5 Å². The number of hydrogen-bond donors (Lipinski definition) is 1. The van der Waals surface area contributed by atoms with Gasteiger partial charge < -0.3 is 15.0 Å². The summed E-state index contributed by atoms with van der Waals surface area (Å²) < 4.78 is 0.191. The number of phenolic OH excluding ortho intramolecular Hbond substituents is 1. The maximum atomic E-state index is 12.1. The Hall–Kier alpha value is -1.86. The molecule has 0 bridgehead atoms. The zero-order valence-corrected chi connectivity index (χ0v) is 12.0. The third-order valence-corrected chi connectivity index (χ3v) is 4.07. The molecule has 104 valence electrons. The van der Waals surface area contributed by atoms with Crippen LogP contribution in [-0.4, -0.2) is 32.2 Å². The van der Waals surface area contributed by atoms with Gasteiger partial charge in [0.05, 0.1) is 16.9 Å². The molecule has 1 atom stereocenters. The van der Waals surface area contributed by atoms with Crippen LogP contribution < -0.4 is 5.11 Å². The topological polar surface area (TPSA) is 80.7 Å². The highest BCUT2D eigenvalue weighted by atomic mass is 32.2. The number of hydrogen-bond acceptors (Lipinski definition) is 6. The minimum Gasteiger partial charge on any atom is -0.548 e. The van der Waals surface area contributed by atoms with Crippen molar-refractivity contribution < 1.29 is 19.8 Å². The van der Waals surface area contributed by atoms with Crippen molar-refractivity contribution in [2.24, 2.45) is 0 Å². The lowest BCUT2D eigenvalue weighted by Gasteiger charge is -2.23. The van der Waals surface area contributed by atoms with E-state index in [-0.39, 0.29) is 10.1 Å². The molecular weight excluding hydrogens is 298 g/mol. The van der Waals surface area contributed by atoms with E-state index in [1.54, 1.807) is 18.2 Å². The second-order valence-electron chi connectivity index (χ2n) is 4.14. The molecule has 7 heteroatoms. The Balaban J connectivity index is 2.28. The Morgan fingerprint density at radius 1 is 1.45 bits per heavy atom. The van der Waals surface area contributed by atoms with Gasteiger partial charge in [0, 0.05) is 0 Å². The average molecular weight is 308 g/mol. The van der Waals surface area contributed by atoms with Gasteiger partial charge in [0.1, 0.15) is 10.1 Å². The summed E-state index contributed by atoms with van der Waals surface area (Å²) in [6.45, 7) is 1.35. The van der Waals surface area contributed by atoms with Crippen LogP contribution in [0.3, 0.4) is 0 Å². The lowest BCUT2D eigenvalue weighted by molar-refractivity contribution is -0.309. The molecule has 0 aromatic heterocycles. The SMILES string of the molecule is C[C@@H](C(=O)[O-])N1C(=O)/C(=C/c2ccc(O)cc2)SC1=S. The quantitative estimate of drug-likeness (QED) is 0.655. The van der Waals surface area contributed by atoms with Gasteiger partial charge in [0.2, 0.25) is 0 Å². The fourth-order valence-electron chi connectivity index (χ4n) is 1.64. The lowest BCUT2D eigenvalue weighted by atomic mass is 10.2. The third kappa shape index (κ3) is 2.83. The van der Waals surface area contributed by atoms with Crippen molar-refractivity contribution in [2.75, 3.05) is 0 Å². The molecule has 0 radical (unpaired) electrons. The fraction of sp³-hybridized carbons (Fsp3) is 0.154. The molecule has 1 heterocycles. The van der Waals surface area contributed by atoms with Crippen molar-refractivity contribution >= 4 is 46.3 Å². The summed E-state index contributed by atoms with van der Waals surface area (Å²) in [5.41, 5.74) is 0.712. The van der Waals surface area contributed by atoms with Crippen molar-refractivity contribution in [3.05, 3.63) is 34.7 Å². The molecule has 5 nitrogen and oxygen atoms in total. The number of aromatic hydroxyl groups is 1. The van der Waals surface area contributed by atoms with Crippen molar-refractivity contribution in [3.8, 4) is 5.75 Å². The summed E-state index contributed by atoms with van der Waals surface area (Å²) in [5, 5.41) is 20.1. The number of carboxylic acid groups (broad SMARTS) is 1. The summed E-state index contributed by atoms with van der Waals surface area (Å²) in [6, 6.07) is 5.18. The molecule has 1 aliphatic rings. The maximum Gasteiger partial charge on any atom is 0.266 e. The number of thioether (sulfide) groups is 1. The number of benzene rings is 1. The Labute approximate surface area is 124 Å². The maximum absolute atomic E-state index is 12.1. The van der Waals surface area contributed by atoms with Crippen LogP contribution in [0.2, 0.25) is 0 Å². The Kier molecular flexibility index (Phi) is 4.10. The second kappa shape index (κ2) is 5.64. The summed E-state index contributed by atoms with van der Waals surface area (Å²) >= 11 is 6.07. The molecule has 1 fully saturated rings. The number of nitrogens with zero attached hydrogens (tertiary/aromatic N) is 1. The summed E-state index contributed by atoms with van der Waals surface area (Å²) in [4.78, 5) is 24.4. The van der Waals surface area contributed by atoms with Gasteiger partial charge in [-0.3, -0.25) is 9.69 Å². The highest BCUT2D eigenvalue weighted by molar-refractivity contribution is 8.26. The summed E-state index contributed by atoms with van der Waals surface area (Å²) in [5.74, 6) is -1.68. The van der Waals surface area contributed by atoms with Crippen molar-refractivity contribution in [3.63, 3.8) is 0 Å². The first kappa shape index (κ1) is 14.5. The van der Waals surface area contributed by atoms with Crippen LogP contribution in [-0.2, 0) is 9.59 Å². The Bertz CT molecular complexity index is 609. The predicted octanol–water partition coefficient (Wildman–Crippen LogP) is 0.732. The number of aliphatic carboxylic acids is 1. The molecule has 0 saturated carbocycles. The van der Waals surface area contributed by atoms with E-state index < -0.39 is 17.9 Å². The standard InChI is InChI=1S/C13H11NO4S2/c1-7(12(17)18)14-11(16)10(20-13(14)19)6-8-2-4-9(15)5-3-8/h2-7,15H,1H3,(H,17,18)/p-1/b10-6-/t7-/m0/s1. The number of carbonyl (C=O) groups excluding carboxylic acids is 2. The van der Waals surface area contributed by atoms with Gasteiger partial charge in [-0.05, 0) is 30.7 Å². The third-order valence-electron chi connectivity index (χ3n) is 2.74. The summed E-state index contributed by atoms with van der Waals surface area (Å²) in [7, 11) is 0. The molecule has 1 amide bonds. The first-order chi connectivity index (χ1) is 9.40. The van der Waals surface area contributed by atoms with E-state index in [0.717, 1.165) is 16.7 Å². The number of phenols is 1. The molecule has 1 saturated heterocycles. The van der Waals surface area contributed by atoms with E-state index in [1.807, 2.05) is 0 Å². The first-order valence-corrected chi connectivity index (χ1v) is 6.89. The van der Waals surface area contributed by atoms with Crippen LogP contribution in [0.15, 0.2) is 29.2 Å². The van der Waals surface area contributed by atoms with Gasteiger partial charge in [-0.1, -0.05) is 36.1 Å². The number of rotatable bonds is 3. The van der Waals surface area contributed by atoms with Crippen LogP contribution in [0.4, 0.5) is 0 Å². The van der Waals surface area contributed by atoms with Crippen LogP contribution in [0.25, 0.3) is 6.08 Å². The summed E-state index contributed by atoms with van der Waals surface area (Å²) in [6.07, 6.45) is 1.60. The van der Waals surface area contributed by atoms with Gasteiger partial charge in [0.25, 0.3) is 5.91 Å². The van der Waals surface area contributed by atoms with Crippen LogP contribution in [0.5, 0.6) is 5.75 Å².